The van der Waals surface area contributed by atoms with Gasteiger partial charge in [0.25, 0.3) is 0 Å². The molecule has 2 atom stereocenters. The van der Waals surface area contributed by atoms with E-state index in [1.807, 2.05) is 0 Å². The smallest absolute Gasteiger partial charge is 0.221 e. The molecule has 80 valence electrons. The Labute approximate surface area is 83.4 Å². The Morgan fingerprint density at radius 3 is 2.79 bits per heavy atom. The molecule has 0 aromatic heterocycles. The van der Waals surface area contributed by atoms with Crippen LogP contribution >= 0.6 is 0 Å². The first kappa shape index (κ1) is 11.0. The molecule has 0 bridgehead atoms. The Bertz CT molecular complexity index is 230. The molecule has 1 aliphatic heterocycles. The first-order valence-electron chi connectivity index (χ1n) is 4.93. The second-order valence-electron chi connectivity index (χ2n) is 3.61. The van der Waals surface area contributed by atoms with Crippen LogP contribution in [0.5, 0.6) is 0 Å². The highest BCUT2D eigenvalue weighted by Crippen LogP contribution is 2.09. The quantitative estimate of drug-likeness (QED) is 0.543. The van der Waals surface area contributed by atoms with E-state index >= 15 is 0 Å². The molecule has 0 spiro atoms. The van der Waals surface area contributed by atoms with Crippen LogP contribution in [0.3, 0.4) is 0 Å². The highest BCUT2D eigenvalue weighted by Gasteiger charge is 2.25. The van der Waals surface area contributed by atoms with E-state index in [-0.39, 0.29) is 23.8 Å². The highest BCUT2D eigenvalue weighted by atomic mass is 16.2. The van der Waals surface area contributed by atoms with E-state index in [4.69, 9.17) is 5.73 Å². The molecule has 1 fully saturated rings. The van der Waals surface area contributed by atoms with E-state index in [9.17, 15) is 9.59 Å². The van der Waals surface area contributed by atoms with Gasteiger partial charge in [-0.15, -0.1) is 0 Å². The third kappa shape index (κ3) is 2.99. The zero-order chi connectivity index (χ0) is 10.6. The average molecular weight is 199 g/mol. The maximum Gasteiger partial charge on any atom is 0.221 e. The number of hydrogen-bond donors (Lipinski definition) is 3. The fourth-order valence-corrected chi connectivity index (χ4v) is 1.60. The van der Waals surface area contributed by atoms with Gasteiger partial charge >= 0.3 is 0 Å². The lowest BCUT2D eigenvalue weighted by atomic mass is 9.95. The monoisotopic (exact) mass is 199 g/mol. The normalized spacial score (nSPS) is 26.9. The number of carbonyl (C=O) groups excluding carboxylic acids is 2. The van der Waals surface area contributed by atoms with Crippen molar-refractivity contribution in [1.29, 1.82) is 0 Å². The Morgan fingerprint density at radius 2 is 2.21 bits per heavy atom. The molecule has 1 aliphatic rings. The van der Waals surface area contributed by atoms with Gasteiger partial charge in [0.1, 0.15) is 0 Å². The van der Waals surface area contributed by atoms with Crippen molar-refractivity contribution in [2.45, 2.75) is 25.8 Å². The van der Waals surface area contributed by atoms with Gasteiger partial charge in [-0.2, -0.15) is 0 Å². The summed E-state index contributed by atoms with van der Waals surface area (Å²) < 4.78 is 0. The predicted octanol–water partition coefficient (Wildman–Crippen LogP) is -1.02. The van der Waals surface area contributed by atoms with E-state index in [0.29, 0.717) is 19.4 Å². The van der Waals surface area contributed by atoms with E-state index < -0.39 is 0 Å². The van der Waals surface area contributed by atoms with E-state index in [1.165, 1.54) is 0 Å². The molecule has 2 amide bonds. The van der Waals surface area contributed by atoms with Crippen LogP contribution in [-0.4, -0.2) is 30.9 Å². The minimum atomic E-state index is -0.298. The molecule has 0 saturated carbocycles. The number of primary amides is 1. The molecule has 0 aromatic rings. The summed E-state index contributed by atoms with van der Waals surface area (Å²) in [5.41, 5.74) is 5.20. The van der Waals surface area contributed by atoms with Gasteiger partial charge in [-0.25, -0.2) is 0 Å². The fourth-order valence-electron chi connectivity index (χ4n) is 1.60. The van der Waals surface area contributed by atoms with Crippen molar-refractivity contribution in [2.75, 3.05) is 13.1 Å². The molecule has 0 unspecified atom stereocenters. The molecular formula is C9H17N3O2. The van der Waals surface area contributed by atoms with Crippen LogP contribution in [0.25, 0.3) is 0 Å². The number of rotatable bonds is 3. The Morgan fingerprint density at radius 1 is 1.50 bits per heavy atom. The summed E-state index contributed by atoms with van der Waals surface area (Å²) in [7, 11) is 0. The van der Waals surface area contributed by atoms with E-state index in [0.717, 1.165) is 6.54 Å². The second kappa shape index (κ2) is 4.95. The van der Waals surface area contributed by atoms with Crippen molar-refractivity contribution < 1.29 is 9.59 Å². The lowest BCUT2D eigenvalue weighted by molar-refractivity contribution is -0.125. The summed E-state index contributed by atoms with van der Waals surface area (Å²) in [6.07, 6.45) is 1.12. The summed E-state index contributed by atoms with van der Waals surface area (Å²) >= 11 is 0. The maximum absolute atomic E-state index is 11.1. The molecular weight excluding hydrogens is 182 g/mol. The molecule has 5 nitrogen and oxygen atoms in total. The predicted molar refractivity (Wildman–Crippen MR) is 52.4 cm³/mol. The van der Waals surface area contributed by atoms with Crippen LogP contribution in [0.15, 0.2) is 0 Å². The summed E-state index contributed by atoms with van der Waals surface area (Å²) in [5.74, 6) is -0.444. The third-order valence-electron chi connectivity index (χ3n) is 2.44. The van der Waals surface area contributed by atoms with Gasteiger partial charge in [-0.05, 0) is 6.42 Å². The Hall–Kier alpha value is -1.10. The van der Waals surface area contributed by atoms with Crippen molar-refractivity contribution in [1.82, 2.24) is 10.6 Å². The molecule has 0 aromatic carbocycles. The van der Waals surface area contributed by atoms with Crippen LogP contribution in [0.1, 0.15) is 19.8 Å². The van der Waals surface area contributed by atoms with Crippen LogP contribution in [0.2, 0.25) is 0 Å². The summed E-state index contributed by atoms with van der Waals surface area (Å²) in [6.45, 7) is 3.14. The van der Waals surface area contributed by atoms with Gasteiger partial charge in [-0.1, -0.05) is 6.92 Å². The first-order chi connectivity index (χ1) is 6.63. The number of piperidine rings is 1. The number of hydrogen-bond acceptors (Lipinski definition) is 3. The SMILES string of the molecule is CCC(=O)N[C@@H]1CNC[C@@H](C(N)=O)C1. The summed E-state index contributed by atoms with van der Waals surface area (Å²) in [6, 6.07) is 0.0358. The maximum atomic E-state index is 11.1. The highest BCUT2D eigenvalue weighted by molar-refractivity contribution is 5.78. The molecule has 4 N–H and O–H groups in total. The van der Waals surface area contributed by atoms with Gasteiger partial charge in [-0.3, -0.25) is 9.59 Å². The lowest BCUT2D eigenvalue weighted by Crippen LogP contribution is -2.51. The van der Waals surface area contributed by atoms with Crippen LogP contribution in [0.4, 0.5) is 0 Å². The Kier molecular flexibility index (Phi) is 3.88. The van der Waals surface area contributed by atoms with Crippen molar-refractivity contribution >= 4 is 11.8 Å². The lowest BCUT2D eigenvalue weighted by Gasteiger charge is -2.28. The van der Waals surface area contributed by atoms with Gasteiger partial charge in [0.05, 0.1) is 5.92 Å². The molecule has 5 heteroatoms. The van der Waals surface area contributed by atoms with Gasteiger partial charge in [0, 0.05) is 25.6 Å². The van der Waals surface area contributed by atoms with Crippen molar-refractivity contribution in [3.8, 4) is 0 Å². The third-order valence-corrected chi connectivity index (χ3v) is 2.44. The minimum absolute atomic E-state index is 0.0157. The molecule has 1 saturated heterocycles. The molecule has 14 heavy (non-hydrogen) atoms. The van der Waals surface area contributed by atoms with Crippen molar-refractivity contribution in [3.63, 3.8) is 0 Å². The number of carbonyl (C=O) groups is 2. The van der Waals surface area contributed by atoms with Gasteiger partial charge in [0.2, 0.25) is 11.8 Å². The van der Waals surface area contributed by atoms with Crippen LogP contribution in [0, 0.1) is 5.92 Å². The number of nitrogens with one attached hydrogen (secondary N) is 2. The standard InChI is InChI=1S/C9H17N3O2/c1-2-8(13)12-7-3-6(9(10)14)4-11-5-7/h6-7,11H,2-5H2,1H3,(H2,10,14)(H,12,13)/t6-,7-/m0/s1. The van der Waals surface area contributed by atoms with Gasteiger partial charge < -0.3 is 16.4 Å². The number of amides is 2. The molecule has 1 rings (SSSR count). The fraction of sp³-hybridized carbons (Fsp3) is 0.778. The van der Waals surface area contributed by atoms with Crippen molar-refractivity contribution in [2.24, 2.45) is 11.7 Å². The molecule has 0 aliphatic carbocycles. The number of nitrogens with two attached hydrogens (primary N) is 1. The first-order valence-corrected chi connectivity index (χ1v) is 4.93. The minimum Gasteiger partial charge on any atom is -0.369 e. The largest absolute Gasteiger partial charge is 0.369 e. The zero-order valence-electron chi connectivity index (χ0n) is 8.38. The van der Waals surface area contributed by atoms with E-state index in [1.54, 1.807) is 6.92 Å². The summed E-state index contributed by atoms with van der Waals surface area (Å²) in [5, 5.41) is 5.92. The molecule has 1 heterocycles. The second-order valence-corrected chi connectivity index (χ2v) is 3.61. The van der Waals surface area contributed by atoms with Crippen LogP contribution < -0.4 is 16.4 Å². The topological polar surface area (TPSA) is 84.2 Å². The zero-order valence-corrected chi connectivity index (χ0v) is 8.38. The van der Waals surface area contributed by atoms with Crippen molar-refractivity contribution in [3.05, 3.63) is 0 Å². The van der Waals surface area contributed by atoms with Gasteiger partial charge in [0.15, 0.2) is 0 Å². The van der Waals surface area contributed by atoms with Crippen LogP contribution in [-0.2, 0) is 9.59 Å². The summed E-state index contributed by atoms with van der Waals surface area (Å²) in [4.78, 5) is 22.0. The molecule has 0 radical (unpaired) electrons. The van der Waals surface area contributed by atoms with E-state index in [2.05, 4.69) is 10.6 Å². The Balaban J connectivity index is 2.40. The average Bonchev–Trinajstić information content (AvgIpc) is 2.18.